The van der Waals surface area contributed by atoms with Crippen molar-refractivity contribution in [2.24, 2.45) is 0 Å². The average Bonchev–Trinajstić information content (AvgIpc) is 2.79. The molecule has 5 nitrogen and oxygen atoms in total. The Kier molecular flexibility index (Phi) is 6.79. The van der Waals surface area contributed by atoms with Gasteiger partial charge >= 0.3 is 0 Å². The minimum atomic E-state index is -1.19. The molecule has 1 aliphatic heterocycles. The maximum atomic E-state index is 11.2. The van der Waals surface area contributed by atoms with E-state index in [1.165, 1.54) is 21.2 Å². The molecule has 0 saturated carbocycles. The van der Waals surface area contributed by atoms with Gasteiger partial charge in [-0.25, -0.2) is 0 Å². The van der Waals surface area contributed by atoms with Gasteiger partial charge < -0.3 is 24.3 Å². The van der Waals surface area contributed by atoms with E-state index in [2.05, 4.69) is 53.4 Å². The molecule has 0 aliphatic carbocycles. The van der Waals surface area contributed by atoms with Crippen molar-refractivity contribution in [2.45, 2.75) is 29.2 Å². The number of carboxylic acids is 1. The van der Waals surface area contributed by atoms with Crippen LogP contribution in [0.4, 0.5) is 11.4 Å². The topological polar surface area (TPSA) is 61.8 Å². The van der Waals surface area contributed by atoms with Crippen LogP contribution in [0.25, 0.3) is 0 Å². The lowest BCUT2D eigenvalue weighted by Crippen LogP contribution is -2.39. The summed E-state index contributed by atoms with van der Waals surface area (Å²) in [5.41, 5.74) is 3.25. The van der Waals surface area contributed by atoms with Crippen molar-refractivity contribution in [3.8, 4) is 5.75 Å². The fourth-order valence-electron chi connectivity index (χ4n) is 3.62. The molecule has 0 radical (unpaired) electrons. The van der Waals surface area contributed by atoms with Gasteiger partial charge in [0.25, 0.3) is 0 Å². The molecule has 0 N–H and O–H groups in total. The van der Waals surface area contributed by atoms with Gasteiger partial charge in [0.1, 0.15) is 18.5 Å². The number of para-hydroxylation sites is 2. The monoisotopic (exact) mass is 434 g/mol. The second kappa shape index (κ2) is 9.90. The number of nitrogens with zero attached hydrogens (tertiary/aromatic N) is 1. The molecule has 0 fully saturated rings. The standard InChI is InChI=1S/C25H25NO4S/c1-2-29-22(25(27)28)17-18-11-13-19(14-12-18)30-16-15-26-20-7-3-5-9-23(20)31-24-10-6-4-8-21(24)26/h3-14,22H,2,15-17H2,1H3,(H,27,28)/p-1/t22-/m0/s1. The number of carboxylic acid groups (broad SMARTS) is 1. The first-order valence-electron chi connectivity index (χ1n) is 10.3. The van der Waals surface area contributed by atoms with Crippen LogP contribution in [0.3, 0.4) is 0 Å². The van der Waals surface area contributed by atoms with Crippen LogP contribution in [0.2, 0.25) is 0 Å². The largest absolute Gasteiger partial charge is 0.547 e. The zero-order valence-electron chi connectivity index (χ0n) is 17.3. The van der Waals surface area contributed by atoms with Crippen LogP contribution in [0.1, 0.15) is 12.5 Å². The summed E-state index contributed by atoms with van der Waals surface area (Å²) in [5.74, 6) is -0.444. The Hall–Kier alpha value is -2.96. The third-order valence-electron chi connectivity index (χ3n) is 5.09. The molecule has 1 heterocycles. The van der Waals surface area contributed by atoms with Crippen molar-refractivity contribution in [2.75, 3.05) is 24.7 Å². The summed E-state index contributed by atoms with van der Waals surface area (Å²) in [6.45, 7) is 3.34. The zero-order valence-corrected chi connectivity index (χ0v) is 18.1. The quantitative estimate of drug-likeness (QED) is 0.506. The maximum absolute atomic E-state index is 11.2. The Bertz CT molecular complexity index is 992. The molecule has 31 heavy (non-hydrogen) atoms. The molecule has 160 valence electrons. The van der Waals surface area contributed by atoms with E-state index >= 15 is 0 Å². The first-order chi connectivity index (χ1) is 15.2. The maximum Gasteiger partial charge on any atom is 0.119 e. The summed E-state index contributed by atoms with van der Waals surface area (Å²) < 4.78 is 11.2. The first kappa shape index (κ1) is 21.3. The van der Waals surface area contributed by atoms with E-state index in [0.29, 0.717) is 19.8 Å². The van der Waals surface area contributed by atoms with Crippen molar-refractivity contribution in [1.29, 1.82) is 0 Å². The lowest BCUT2D eigenvalue weighted by atomic mass is 10.1. The van der Waals surface area contributed by atoms with Gasteiger partial charge in [-0.2, -0.15) is 0 Å². The highest BCUT2D eigenvalue weighted by atomic mass is 32.2. The summed E-state index contributed by atoms with van der Waals surface area (Å²) in [5, 5.41) is 11.2. The Labute approximate surface area is 186 Å². The van der Waals surface area contributed by atoms with E-state index < -0.39 is 12.1 Å². The minimum absolute atomic E-state index is 0.273. The van der Waals surface area contributed by atoms with Gasteiger partial charge in [0, 0.05) is 22.8 Å². The van der Waals surface area contributed by atoms with E-state index in [0.717, 1.165) is 11.3 Å². The first-order valence-corrected chi connectivity index (χ1v) is 11.1. The molecule has 3 aromatic carbocycles. The number of carbonyl (C=O) groups excluding carboxylic acids is 1. The lowest BCUT2D eigenvalue weighted by Gasteiger charge is -2.32. The summed E-state index contributed by atoms with van der Waals surface area (Å²) in [6.07, 6.45) is -0.663. The molecule has 0 bridgehead atoms. The van der Waals surface area contributed by atoms with E-state index in [1.807, 2.05) is 24.3 Å². The fourth-order valence-corrected chi connectivity index (χ4v) is 4.72. The van der Waals surface area contributed by atoms with Crippen molar-refractivity contribution in [3.63, 3.8) is 0 Å². The zero-order chi connectivity index (χ0) is 21.6. The average molecular weight is 435 g/mol. The highest BCUT2D eigenvalue weighted by molar-refractivity contribution is 7.99. The van der Waals surface area contributed by atoms with Crippen molar-refractivity contribution in [3.05, 3.63) is 78.4 Å². The summed E-state index contributed by atoms with van der Waals surface area (Å²) >= 11 is 1.79. The number of benzene rings is 3. The second-order valence-corrected chi connectivity index (χ2v) is 8.23. The van der Waals surface area contributed by atoms with E-state index in [4.69, 9.17) is 9.47 Å². The number of aliphatic carboxylic acids is 1. The molecule has 0 aromatic heterocycles. The molecular formula is C25H24NO4S-. The second-order valence-electron chi connectivity index (χ2n) is 7.15. The van der Waals surface area contributed by atoms with Crippen molar-refractivity contribution < 1.29 is 19.4 Å². The summed E-state index contributed by atoms with van der Waals surface area (Å²) in [7, 11) is 0. The van der Waals surface area contributed by atoms with Gasteiger partial charge in [-0.3, -0.25) is 0 Å². The Morgan fingerprint density at radius 2 is 1.58 bits per heavy atom. The SMILES string of the molecule is CCO[C@@H](Cc1ccc(OCCN2c3ccccc3Sc3ccccc32)cc1)C(=O)[O-]. The third-order valence-corrected chi connectivity index (χ3v) is 6.22. The lowest BCUT2D eigenvalue weighted by molar-refractivity contribution is -0.316. The molecule has 1 aliphatic rings. The van der Waals surface area contributed by atoms with Gasteiger partial charge in [-0.05, 0) is 48.9 Å². The third kappa shape index (κ3) is 5.03. The minimum Gasteiger partial charge on any atom is -0.547 e. The van der Waals surface area contributed by atoms with Crippen LogP contribution >= 0.6 is 11.8 Å². The van der Waals surface area contributed by atoms with Gasteiger partial charge in [-0.15, -0.1) is 0 Å². The van der Waals surface area contributed by atoms with Crippen molar-refractivity contribution >= 4 is 29.1 Å². The van der Waals surface area contributed by atoms with Crippen LogP contribution in [-0.2, 0) is 16.0 Å². The molecular weight excluding hydrogens is 410 g/mol. The predicted octanol–water partition coefficient (Wildman–Crippen LogP) is 4.07. The highest BCUT2D eigenvalue weighted by Gasteiger charge is 2.22. The number of hydrogen-bond acceptors (Lipinski definition) is 6. The van der Waals surface area contributed by atoms with Crippen LogP contribution in [0, 0.1) is 0 Å². The van der Waals surface area contributed by atoms with E-state index in [1.54, 1.807) is 18.7 Å². The van der Waals surface area contributed by atoms with Gasteiger partial charge in [0.05, 0.1) is 23.9 Å². The van der Waals surface area contributed by atoms with Crippen LogP contribution in [-0.4, -0.2) is 31.8 Å². The Morgan fingerprint density at radius 1 is 0.968 bits per heavy atom. The van der Waals surface area contributed by atoms with Crippen molar-refractivity contribution in [1.82, 2.24) is 0 Å². The summed E-state index contributed by atoms with van der Waals surface area (Å²) in [6, 6.07) is 24.3. The van der Waals surface area contributed by atoms with Crippen LogP contribution in [0.5, 0.6) is 5.75 Å². The number of ether oxygens (including phenoxy) is 2. The molecule has 0 amide bonds. The molecule has 4 rings (SSSR count). The van der Waals surface area contributed by atoms with Gasteiger partial charge in [0.2, 0.25) is 0 Å². The number of rotatable bonds is 9. The highest BCUT2D eigenvalue weighted by Crippen LogP contribution is 2.47. The Balaban J connectivity index is 1.39. The normalized spacial score (nSPS) is 13.3. The number of carbonyl (C=O) groups is 1. The molecule has 1 atom stereocenters. The number of anilines is 2. The fraction of sp³-hybridized carbons (Fsp3) is 0.240. The smallest absolute Gasteiger partial charge is 0.119 e. The van der Waals surface area contributed by atoms with E-state index in [-0.39, 0.29) is 6.42 Å². The van der Waals surface area contributed by atoms with E-state index in [9.17, 15) is 9.90 Å². The molecule has 0 unspecified atom stereocenters. The molecule has 0 spiro atoms. The molecule has 3 aromatic rings. The Morgan fingerprint density at radius 3 is 2.16 bits per heavy atom. The molecule has 0 saturated heterocycles. The summed E-state index contributed by atoms with van der Waals surface area (Å²) in [4.78, 5) is 15.9. The number of fused-ring (bicyclic) bond motifs is 2. The number of hydrogen-bond donors (Lipinski definition) is 0. The van der Waals surface area contributed by atoms with Gasteiger partial charge in [0.15, 0.2) is 0 Å². The van der Waals surface area contributed by atoms with Gasteiger partial charge in [-0.1, -0.05) is 48.2 Å². The molecule has 6 heteroatoms. The van der Waals surface area contributed by atoms with Crippen LogP contribution < -0.4 is 14.7 Å². The predicted molar refractivity (Wildman–Crippen MR) is 120 cm³/mol. The van der Waals surface area contributed by atoms with Crippen LogP contribution in [0.15, 0.2) is 82.6 Å².